The van der Waals surface area contributed by atoms with E-state index in [9.17, 15) is 9.90 Å². The molecule has 1 aliphatic carbocycles. The molecule has 2 aliphatic rings. The van der Waals surface area contributed by atoms with Gasteiger partial charge in [0.25, 0.3) is 5.91 Å². The Labute approximate surface area is 174 Å². The van der Waals surface area contributed by atoms with Crippen LogP contribution in [0.1, 0.15) is 37.7 Å². The fourth-order valence-corrected chi connectivity index (χ4v) is 4.01. The Hall–Kier alpha value is -1.58. The van der Waals surface area contributed by atoms with Crippen LogP contribution < -0.4 is 5.32 Å². The van der Waals surface area contributed by atoms with Crippen molar-refractivity contribution >= 4 is 18.3 Å². The lowest BCUT2D eigenvalue weighted by Crippen LogP contribution is -2.50. The average molecular weight is 407 g/mol. The maximum atomic E-state index is 13.0. The molecule has 1 heterocycles. The number of benzene rings is 1. The van der Waals surface area contributed by atoms with E-state index in [2.05, 4.69) is 22.1 Å². The number of halogens is 1. The Morgan fingerprint density at radius 1 is 1.14 bits per heavy atom. The number of nitrogens with zero attached hydrogens (tertiary/aromatic N) is 1. The molecule has 0 aromatic heterocycles. The van der Waals surface area contributed by atoms with Crippen LogP contribution in [0.25, 0.3) is 0 Å². The van der Waals surface area contributed by atoms with Crippen molar-refractivity contribution in [2.75, 3.05) is 39.4 Å². The first-order valence-electron chi connectivity index (χ1n) is 10.0. The van der Waals surface area contributed by atoms with E-state index in [-0.39, 0.29) is 30.8 Å². The van der Waals surface area contributed by atoms with E-state index >= 15 is 0 Å². The van der Waals surface area contributed by atoms with Gasteiger partial charge >= 0.3 is 0 Å². The zero-order valence-electron chi connectivity index (χ0n) is 16.4. The summed E-state index contributed by atoms with van der Waals surface area (Å²) in [5, 5.41) is 14.3. The second-order valence-corrected chi connectivity index (χ2v) is 7.39. The van der Waals surface area contributed by atoms with Gasteiger partial charge in [-0.15, -0.1) is 12.4 Å². The summed E-state index contributed by atoms with van der Waals surface area (Å²) in [4.78, 5) is 15.2. The second kappa shape index (κ2) is 11.4. The number of morpholine rings is 1. The topological polar surface area (TPSA) is 61.8 Å². The second-order valence-electron chi connectivity index (χ2n) is 7.39. The highest BCUT2D eigenvalue weighted by molar-refractivity contribution is 5.87. The van der Waals surface area contributed by atoms with E-state index in [0.717, 1.165) is 52.0 Å². The van der Waals surface area contributed by atoms with Gasteiger partial charge in [0.1, 0.15) is 0 Å². The van der Waals surface area contributed by atoms with Crippen molar-refractivity contribution in [1.29, 1.82) is 0 Å². The standard InChI is InChI=1S/C22H30N2O3.ClH/c25-21(23-13-7-8-14-24-15-17-27-18-16-24)22(26,19-9-3-1-4-10-19)20-11-5-2-6-12-20;/h1,3-4,9-10,20,26H,2,5-6,11-18H2,(H,23,25);1H. The monoisotopic (exact) mass is 406 g/mol. The maximum Gasteiger partial charge on any atom is 0.257 e. The molecule has 1 unspecified atom stereocenters. The van der Waals surface area contributed by atoms with E-state index in [1.807, 2.05) is 30.3 Å². The first-order chi connectivity index (χ1) is 13.2. The lowest BCUT2D eigenvalue weighted by molar-refractivity contribution is -0.149. The average Bonchev–Trinajstić information content (AvgIpc) is 2.74. The molecule has 154 valence electrons. The third kappa shape index (κ3) is 5.71. The van der Waals surface area contributed by atoms with Crippen LogP contribution in [-0.4, -0.2) is 55.3 Å². The molecule has 1 saturated heterocycles. The van der Waals surface area contributed by atoms with Crippen LogP contribution in [0.15, 0.2) is 30.3 Å². The van der Waals surface area contributed by atoms with Gasteiger partial charge in [0.05, 0.1) is 26.3 Å². The highest BCUT2D eigenvalue weighted by atomic mass is 35.5. The number of carbonyl (C=O) groups excluding carboxylic acids is 1. The van der Waals surface area contributed by atoms with Crippen molar-refractivity contribution in [3.63, 3.8) is 0 Å². The predicted octanol–water partition coefficient (Wildman–Crippen LogP) is 2.33. The molecule has 1 saturated carbocycles. The lowest BCUT2D eigenvalue weighted by atomic mass is 9.73. The van der Waals surface area contributed by atoms with Crippen molar-refractivity contribution in [3.05, 3.63) is 35.9 Å². The van der Waals surface area contributed by atoms with Crippen molar-refractivity contribution in [2.24, 2.45) is 5.92 Å². The Morgan fingerprint density at radius 3 is 2.50 bits per heavy atom. The molecule has 2 fully saturated rings. The zero-order chi connectivity index (χ0) is 19.0. The maximum absolute atomic E-state index is 13.0. The van der Waals surface area contributed by atoms with Gasteiger partial charge in [-0.3, -0.25) is 9.69 Å². The Balaban J connectivity index is 0.00000280. The molecular formula is C22H31ClN2O3. The normalized spacial score (nSPS) is 20.2. The van der Waals surface area contributed by atoms with Crippen LogP contribution in [0, 0.1) is 17.8 Å². The number of rotatable bonds is 5. The summed E-state index contributed by atoms with van der Waals surface area (Å²) in [5.74, 6) is 5.74. The minimum Gasteiger partial charge on any atom is -0.379 e. The van der Waals surface area contributed by atoms with Crippen molar-refractivity contribution in [3.8, 4) is 11.8 Å². The molecule has 0 radical (unpaired) electrons. The fraction of sp³-hybridized carbons (Fsp3) is 0.591. The number of hydrogen-bond acceptors (Lipinski definition) is 4. The van der Waals surface area contributed by atoms with Gasteiger partial charge in [0.2, 0.25) is 0 Å². The summed E-state index contributed by atoms with van der Waals surface area (Å²) in [6.07, 6.45) is 5.05. The van der Waals surface area contributed by atoms with Crippen LogP contribution in [-0.2, 0) is 15.1 Å². The fourth-order valence-electron chi connectivity index (χ4n) is 4.01. The highest BCUT2D eigenvalue weighted by Crippen LogP contribution is 2.39. The smallest absolute Gasteiger partial charge is 0.257 e. The summed E-state index contributed by atoms with van der Waals surface area (Å²) < 4.78 is 5.32. The third-order valence-electron chi connectivity index (χ3n) is 5.62. The van der Waals surface area contributed by atoms with Crippen LogP contribution in [0.2, 0.25) is 0 Å². The molecule has 3 rings (SSSR count). The summed E-state index contributed by atoms with van der Waals surface area (Å²) in [7, 11) is 0. The van der Waals surface area contributed by atoms with Crippen molar-refractivity contribution in [2.45, 2.75) is 37.7 Å². The van der Waals surface area contributed by atoms with Crippen LogP contribution in [0.3, 0.4) is 0 Å². The van der Waals surface area contributed by atoms with E-state index in [4.69, 9.17) is 4.74 Å². The molecule has 1 atom stereocenters. The molecule has 1 aliphatic heterocycles. The molecule has 28 heavy (non-hydrogen) atoms. The molecule has 1 aromatic rings. The van der Waals surface area contributed by atoms with Gasteiger partial charge < -0.3 is 15.2 Å². The van der Waals surface area contributed by atoms with Gasteiger partial charge in [-0.25, -0.2) is 0 Å². The molecule has 2 N–H and O–H groups in total. The summed E-state index contributed by atoms with van der Waals surface area (Å²) in [6, 6.07) is 9.34. The SMILES string of the molecule is Cl.O=C(NCC#CCN1CCOCC1)C(O)(c1ccccc1)C1CCCCC1. The summed E-state index contributed by atoms with van der Waals surface area (Å²) in [6.45, 7) is 4.25. The largest absolute Gasteiger partial charge is 0.379 e. The van der Waals surface area contributed by atoms with Crippen LogP contribution in [0.5, 0.6) is 0 Å². The van der Waals surface area contributed by atoms with E-state index in [0.29, 0.717) is 12.1 Å². The predicted molar refractivity (Wildman–Crippen MR) is 112 cm³/mol. The lowest BCUT2D eigenvalue weighted by Gasteiger charge is -2.37. The molecule has 0 spiro atoms. The minimum atomic E-state index is -1.48. The van der Waals surface area contributed by atoms with Crippen molar-refractivity contribution < 1.29 is 14.6 Å². The molecule has 5 nitrogen and oxygen atoms in total. The number of nitrogens with one attached hydrogen (secondary N) is 1. The highest BCUT2D eigenvalue weighted by Gasteiger charge is 2.45. The number of aliphatic hydroxyl groups is 1. The van der Waals surface area contributed by atoms with Gasteiger partial charge in [-0.1, -0.05) is 61.4 Å². The molecule has 1 aromatic carbocycles. The zero-order valence-corrected chi connectivity index (χ0v) is 17.2. The van der Waals surface area contributed by atoms with Gasteiger partial charge in [0, 0.05) is 19.0 Å². The number of amides is 1. The van der Waals surface area contributed by atoms with Gasteiger partial charge in [0.15, 0.2) is 5.60 Å². The van der Waals surface area contributed by atoms with Crippen LogP contribution in [0.4, 0.5) is 0 Å². The Kier molecular flexibility index (Phi) is 9.27. The van der Waals surface area contributed by atoms with Gasteiger partial charge in [-0.05, 0) is 18.4 Å². The molecule has 0 bridgehead atoms. The molecular weight excluding hydrogens is 376 g/mol. The number of carbonyl (C=O) groups is 1. The number of ether oxygens (including phenoxy) is 1. The Bertz CT molecular complexity index is 661. The minimum absolute atomic E-state index is 0. The molecule has 1 amide bonds. The van der Waals surface area contributed by atoms with Crippen molar-refractivity contribution in [1.82, 2.24) is 10.2 Å². The van der Waals surface area contributed by atoms with E-state index in [1.165, 1.54) is 6.42 Å². The first kappa shape index (κ1) is 22.7. The molecule has 6 heteroatoms. The first-order valence-corrected chi connectivity index (χ1v) is 10.0. The summed E-state index contributed by atoms with van der Waals surface area (Å²) >= 11 is 0. The van der Waals surface area contributed by atoms with Gasteiger partial charge in [-0.2, -0.15) is 0 Å². The van der Waals surface area contributed by atoms with E-state index in [1.54, 1.807) is 0 Å². The Morgan fingerprint density at radius 2 is 1.82 bits per heavy atom. The van der Waals surface area contributed by atoms with E-state index < -0.39 is 5.60 Å². The third-order valence-corrected chi connectivity index (χ3v) is 5.62. The quantitative estimate of drug-likeness (QED) is 0.737. The number of hydrogen-bond donors (Lipinski definition) is 2. The summed E-state index contributed by atoms with van der Waals surface area (Å²) in [5.41, 5.74) is -0.802. The van der Waals surface area contributed by atoms with Crippen LogP contribution >= 0.6 is 12.4 Å².